The monoisotopic (exact) mass is 508 g/mol. The molecule has 2 aliphatic rings. The summed E-state index contributed by atoms with van der Waals surface area (Å²) >= 11 is 7.21. The summed E-state index contributed by atoms with van der Waals surface area (Å²) in [5.74, 6) is 0.696. The van der Waals surface area contributed by atoms with Crippen LogP contribution in [0.15, 0.2) is 6.07 Å². The van der Waals surface area contributed by atoms with Crippen LogP contribution >= 0.6 is 23.6 Å². The van der Waals surface area contributed by atoms with Crippen LogP contribution in [-0.2, 0) is 42.3 Å². The Morgan fingerprint density at radius 1 is 1.35 bits per heavy atom. The Bertz CT molecular complexity index is 1110. The van der Waals surface area contributed by atoms with Gasteiger partial charge in [-0.1, -0.05) is 19.1 Å². The van der Waals surface area contributed by atoms with Crippen molar-refractivity contribution in [2.45, 2.75) is 65.2 Å². The molecule has 0 unspecified atom stereocenters. The zero-order valence-electron chi connectivity index (χ0n) is 19.7. The van der Waals surface area contributed by atoms with Crippen LogP contribution in [0.25, 0.3) is 0 Å². The molecule has 0 aromatic carbocycles. The maximum atomic E-state index is 13.0. The topological polar surface area (TPSA) is 61.2 Å². The van der Waals surface area contributed by atoms with Crippen molar-refractivity contribution in [2.24, 2.45) is 24.8 Å². The van der Waals surface area contributed by atoms with Gasteiger partial charge in [0.15, 0.2) is 0 Å². The standard InChI is InChI=1S/C25H30F2N2O3S2/c1-4-32-25(31)23-18-9-14(8-16(33)10-15-11-19(24(26)27)28-29(15)3)5-6-21(18)34-22(23)12-20(30)17-7-13(17)2/h11,13-14,17,24H,4-10,12H2,1-3H3/t13-,14+,17-/m0/s1. The van der Waals surface area contributed by atoms with E-state index in [1.165, 1.54) is 15.6 Å². The van der Waals surface area contributed by atoms with Crippen molar-refractivity contribution >= 4 is 40.2 Å². The number of halogens is 2. The van der Waals surface area contributed by atoms with Gasteiger partial charge in [0.2, 0.25) is 0 Å². The minimum absolute atomic E-state index is 0.122. The number of thiophene rings is 1. The third-order valence-electron chi connectivity index (χ3n) is 6.89. The van der Waals surface area contributed by atoms with Crippen molar-refractivity contribution in [2.75, 3.05) is 6.61 Å². The zero-order valence-corrected chi connectivity index (χ0v) is 21.4. The molecule has 0 amide bonds. The fourth-order valence-corrected chi connectivity index (χ4v) is 6.64. The number of thiocarbonyl (C=S) groups is 1. The third-order valence-corrected chi connectivity index (χ3v) is 8.49. The summed E-state index contributed by atoms with van der Waals surface area (Å²) in [6.45, 7) is 4.16. The van der Waals surface area contributed by atoms with E-state index in [2.05, 4.69) is 12.0 Å². The van der Waals surface area contributed by atoms with Crippen molar-refractivity contribution in [1.29, 1.82) is 0 Å². The summed E-state index contributed by atoms with van der Waals surface area (Å²) in [6, 6.07) is 1.41. The Labute approximate surface area is 207 Å². The highest BCUT2D eigenvalue weighted by Crippen LogP contribution is 2.42. The molecule has 0 bridgehead atoms. The van der Waals surface area contributed by atoms with E-state index in [4.69, 9.17) is 17.0 Å². The van der Waals surface area contributed by atoms with E-state index in [1.807, 2.05) is 0 Å². The van der Waals surface area contributed by atoms with Gasteiger partial charge in [-0.3, -0.25) is 9.48 Å². The van der Waals surface area contributed by atoms with E-state index >= 15 is 0 Å². The summed E-state index contributed by atoms with van der Waals surface area (Å²) in [5, 5.41) is 3.87. The summed E-state index contributed by atoms with van der Waals surface area (Å²) in [6.07, 6.45) is 2.23. The number of hydrogen-bond acceptors (Lipinski definition) is 6. The molecule has 5 nitrogen and oxygen atoms in total. The molecule has 0 saturated heterocycles. The number of carbonyl (C=O) groups excluding carboxylic acids is 2. The Hall–Kier alpha value is -2.00. The largest absolute Gasteiger partial charge is 0.462 e. The maximum Gasteiger partial charge on any atom is 0.339 e. The first-order valence-electron chi connectivity index (χ1n) is 11.8. The van der Waals surface area contributed by atoms with Gasteiger partial charge in [0.1, 0.15) is 11.5 Å². The van der Waals surface area contributed by atoms with Gasteiger partial charge in [-0.05, 0) is 67.4 Å². The Balaban J connectivity index is 1.47. The lowest BCUT2D eigenvalue weighted by molar-refractivity contribution is -0.119. The van der Waals surface area contributed by atoms with E-state index in [-0.39, 0.29) is 35.9 Å². The molecule has 9 heteroatoms. The number of aryl methyl sites for hydroxylation is 2. The molecule has 184 valence electrons. The number of esters is 1. The number of aromatic nitrogens is 2. The maximum absolute atomic E-state index is 13.0. The lowest BCUT2D eigenvalue weighted by atomic mass is 9.83. The lowest BCUT2D eigenvalue weighted by Crippen LogP contribution is -2.20. The Morgan fingerprint density at radius 2 is 2.09 bits per heavy atom. The smallest absolute Gasteiger partial charge is 0.339 e. The number of alkyl halides is 2. The minimum atomic E-state index is -2.60. The minimum Gasteiger partial charge on any atom is -0.462 e. The van der Waals surface area contributed by atoms with Gasteiger partial charge in [0.25, 0.3) is 6.43 Å². The van der Waals surface area contributed by atoms with Gasteiger partial charge >= 0.3 is 5.97 Å². The molecule has 3 atom stereocenters. The average Bonchev–Trinajstić information content (AvgIpc) is 3.23. The number of ketones is 1. The first kappa shape index (κ1) is 25.1. The fourth-order valence-electron chi connectivity index (χ4n) is 4.91. The molecule has 2 aromatic rings. The SMILES string of the molecule is CCOC(=O)c1c(CC(=O)[C@H]2C[C@@H]2C)sc2c1C[C@@H](CC(=S)Cc1cc(C(F)F)nn1C)CC2. The van der Waals surface area contributed by atoms with Gasteiger partial charge in [0, 0.05) is 41.3 Å². The molecule has 0 spiro atoms. The molecule has 2 aliphatic carbocycles. The van der Waals surface area contributed by atoms with Crippen LogP contribution < -0.4 is 0 Å². The molecule has 0 N–H and O–H groups in total. The highest BCUT2D eigenvalue weighted by atomic mass is 32.1. The van der Waals surface area contributed by atoms with Crippen molar-refractivity contribution < 1.29 is 23.1 Å². The average molecular weight is 509 g/mol. The number of nitrogens with zero attached hydrogens (tertiary/aromatic N) is 2. The quantitative estimate of drug-likeness (QED) is 0.315. The van der Waals surface area contributed by atoms with Crippen molar-refractivity contribution in [3.05, 3.63) is 38.3 Å². The summed E-state index contributed by atoms with van der Waals surface area (Å²) in [5.41, 5.74) is 2.04. The summed E-state index contributed by atoms with van der Waals surface area (Å²) < 4.78 is 32.7. The molecule has 34 heavy (non-hydrogen) atoms. The van der Waals surface area contributed by atoms with Crippen LogP contribution in [0.5, 0.6) is 0 Å². The van der Waals surface area contributed by atoms with Crippen molar-refractivity contribution in [1.82, 2.24) is 9.78 Å². The second-order valence-electron chi connectivity index (χ2n) is 9.50. The number of ether oxygens (including phenoxy) is 1. The molecule has 0 aliphatic heterocycles. The lowest BCUT2D eigenvalue weighted by Gasteiger charge is -2.23. The van der Waals surface area contributed by atoms with Crippen molar-refractivity contribution in [3.63, 3.8) is 0 Å². The predicted octanol–water partition coefficient (Wildman–Crippen LogP) is 5.47. The predicted molar refractivity (Wildman–Crippen MR) is 131 cm³/mol. The van der Waals surface area contributed by atoms with E-state index in [0.29, 0.717) is 42.9 Å². The van der Waals surface area contributed by atoms with E-state index < -0.39 is 6.43 Å². The number of rotatable bonds is 10. The molecule has 1 fully saturated rings. The van der Waals surface area contributed by atoms with Crippen LogP contribution in [0.2, 0.25) is 0 Å². The number of Topliss-reactive ketones (excluding diaryl/α,β-unsaturated/α-hetero) is 1. The second kappa shape index (κ2) is 10.3. The second-order valence-corrected chi connectivity index (χ2v) is 11.3. The summed E-state index contributed by atoms with van der Waals surface area (Å²) in [4.78, 5) is 28.3. The number of fused-ring (bicyclic) bond motifs is 1. The van der Waals surface area contributed by atoms with Crippen molar-refractivity contribution in [3.8, 4) is 0 Å². The number of carbonyl (C=O) groups is 2. The van der Waals surface area contributed by atoms with Crippen LogP contribution in [0, 0.1) is 17.8 Å². The number of hydrogen-bond donors (Lipinski definition) is 0. The first-order chi connectivity index (χ1) is 16.2. The van der Waals surface area contributed by atoms with Crippen LogP contribution in [-0.4, -0.2) is 33.0 Å². The van der Waals surface area contributed by atoms with Gasteiger partial charge < -0.3 is 4.74 Å². The molecule has 4 rings (SSSR count). The molecule has 0 radical (unpaired) electrons. The van der Waals surface area contributed by atoms with Gasteiger partial charge in [-0.2, -0.15) is 5.10 Å². The van der Waals surface area contributed by atoms with Gasteiger partial charge in [0.05, 0.1) is 12.2 Å². The first-order valence-corrected chi connectivity index (χ1v) is 13.1. The fraction of sp³-hybridized carbons (Fsp3) is 0.600. The Kier molecular flexibility index (Phi) is 7.62. The molecular weight excluding hydrogens is 478 g/mol. The van der Waals surface area contributed by atoms with Crippen LogP contribution in [0.1, 0.15) is 76.6 Å². The highest BCUT2D eigenvalue weighted by Gasteiger charge is 2.40. The highest BCUT2D eigenvalue weighted by molar-refractivity contribution is 7.80. The molecule has 1 saturated carbocycles. The third kappa shape index (κ3) is 5.46. The molecular formula is C25H30F2N2O3S2. The van der Waals surface area contributed by atoms with E-state index in [9.17, 15) is 18.4 Å². The van der Waals surface area contributed by atoms with Crippen LogP contribution in [0.4, 0.5) is 8.78 Å². The van der Waals surface area contributed by atoms with E-state index in [1.54, 1.807) is 25.3 Å². The Morgan fingerprint density at radius 3 is 2.71 bits per heavy atom. The summed E-state index contributed by atoms with van der Waals surface area (Å²) in [7, 11) is 1.65. The molecule has 2 heterocycles. The van der Waals surface area contributed by atoms with Gasteiger partial charge in [-0.25, -0.2) is 13.6 Å². The molecule has 2 aromatic heterocycles. The van der Waals surface area contributed by atoms with Gasteiger partial charge in [-0.15, -0.1) is 11.3 Å². The van der Waals surface area contributed by atoms with E-state index in [0.717, 1.165) is 34.6 Å². The van der Waals surface area contributed by atoms with Crippen LogP contribution in [0.3, 0.4) is 0 Å². The normalized spacial score (nSPS) is 21.4. The zero-order chi connectivity index (χ0) is 24.6.